The van der Waals surface area contributed by atoms with Crippen LogP contribution in [-0.2, 0) is 4.74 Å². The molecule has 0 spiro atoms. The first kappa shape index (κ1) is 15.8. The molecule has 4 heteroatoms. The first-order valence-corrected chi connectivity index (χ1v) is 8.58. The van der Waals surface area contributed by atoms with Gasteiger partial charge in [0.15, 0.2) is 0 Å². The van der Waals surface area contributed by atoms with E-state index >= 15 is 0 Å². The maximum atomic E-state index is 5.47. The monoisotopic (exact) mass is 303 g/mol. The van der Waals surface area contributed by atoms with Crippen LogP contribution < -0.4 is 4.90 Å². The van der Waals surface area contributed by atoms with Gasteiger partial charge in [-0.05, 0) is 50.8 Å². The third-order valence-electron chi connectivity index (χ3n) is 5.02. The highest BCUT2D eigenvalue weighted by Crippen LogP contribution is 2.30. The van der Waals surface area contributed by atoms with Gasteiger partial charge in [0.2, 0.25) is 0 Å². The molecule has 0 amide bonds. The number of nitrogens with zero attached hydrogens (tertiary/aromatic N) is 3. The van der Waals surface area contributed by atoms with Crippen molar-refractivity contribution in [1.29, 1.82) is 0 Å². The minimum Gasteiger partial charge on any atom is -0.381 e. The van der Waals surface area contributed by atoms with Gasteiger partial charge in [0.1, 0.15) is 0 Å². The van der Waals surface area contributed by atoms with Gasteiger partial charge in [0.25, 0.3) is 0 Å². The van der Waals surface area contributed by atoms with Crippen molar-refractivity contribution in [3.8, 4) is 0 Å². The first-order valence-electron chi connectivity index (χ1n) is 8.58. The second kappa shape index (κ2) is 6.97. The molecule has 2 saturated heterocycles. The van der Waals surface area contributed by atoms with Crippen LogP contribution in [0.1, 0.15) is 36.6 Å². The van der Waals surface area contributed by atoms with Gasteiger partial charge < -0.3 is 14.5 Å². The summed E-state index contributed by atoms with van der Waals surface area (Å²) in [4.78, 5) is 9.62. The third-order valence-corrected chi connectivity index (χ3v) is 5.02. The van der Waals surface area contributed by atoms with Crippen LogP contribution in [0.5, 0.6) is 0 Å². The molecule has 2 fully saturated rings. The van der Waals surface area contributed by atoms with E-state index in [2.05, 4.69) is 43.0 Å². The van der Waals surface area contributed by atoms with Crippen LogP contribution in [0.2, 0.25) is 0 Å². The zero-order chi connectivity index (χ0) is 15.5. The average Bonchev–Trinajstić information content (AvgIpc) is 2.96. The Balaban J connectivity index is 1.62. The molecule has 1 atom stereocenters. The number of ether oxygens (including phenoxy) is 1. The van der Waals surface area contributed by atoms with E-state index in [-0.39, 0.29) is 0 Å². The van der Waals surface area contributed by atoms with Gasteiger partial charge in [-0.2, -0.15) is 0 Å². The Morgan fingerprint density at radius 3 is 2.73 bits per heavy atom. The van der Waals surface area contributed by atoms with Crippen LogP contribution in [0.15, 0.2) is 12.1 Å². The molecule has 0 radical (unpaired) electrons. The topological polar surface area (TPSA) is 28.6 Å². The summed E-state index contributed by atoms with van der Waals surface area (Å²) in [5.74, 6) is 1.42. The molecule has 1 aromatic rings. The summed E-state index contributed by atoms with van der Waals surface area (Å²) in [7, 11) is 4.20. The van der Waals surface area contributed by atoms with Crippen LogP contribution in [0.3, 0.4) is 0 Å². The van der Waals surface area contributed by atoms with Gasteiger partial charge in [-0.3, -0.25) is 4.98 Å². The van der Waals surface area contributed by atoms with Crippen LogP contribution in [0.25, 0.3) is 0 Å². The number of aromatic nitrogens is 1. The van der Waals surface area contributed by atoms with E-state index in [1.165, 1.54) is 50.3 Å². The highest BCUT2D eigenvalue weighted by atomic mass is 16.5. The first-order chi connectivity index (χ1) is 10.6. The Bertz CT molecular complexity index is 497. The van der Waals surface area contributed by atoms with Gasteiger partial charge in [0, 0.05) is 63.4 Å². The second-order valence-corrected chi connectivity index (χ2v) is 7.09. The molecule has 0 saturated carbocycles. The summed E-state index contributed by atoms with van der Waals surface area (Å²) in [5, 5.41) is 0. The summed E-state index contributed by atoms with van der Waals surface area (Å²) < 4.78 is 5.47. The van der Waals surface area contributed by atoms with Crippen molar-refractivity contribution < 1.29 is 4.74 Å². The molecular formula is C18H29N3O. The maximum absolute atomic E-state index is 5.47. The molecule has 2 aliphatic rings. The third kappa shape index (κ3) is 3.79. The molecule has 4 nitrogen and oxygen atoms in total. The molecule has 0 aliphatic carbocycles. The Labute approximate surface area is 134 Å². The zero-order valence-corrected chi connectivity index (χ0v) is 14.2. The summed E-state index contributed by atoms with van der Waals surface area (Å²) in [6, 6.07) is 4.44. The summed E-state index contributed by atoms with van der Waals surface area (Å²) >= 11 is 0. The number of rotatable bonds is 4. The van der Waals surface area contributed by atoms with Crippen molar-refractivity contribution in [3.63, 3.8) is 0 Å². The lowest BCUT2D eigenvalue weighted by Crippen LogP contribution is -2.30. The molecule has 0 aromatic carbocycles. The average molecular weight is 303 g/mol. The minimum atomic E-state index is 0.596. The van der Waals surface area contributed by atoms with E-state index < -0.39 is 0 Å². The fourth-order valence-corrected chi connectivity index (χ4v) is 3.68. The van der Waals surface area contributed by atoms with Gasteiger partial charge in [-0.25, -0.2) is 0 Å². The van der Waals surface area contributed by atoms with Crippen molar-refractivity contribution >= 4 is 5.69 Å². The van der Waals surface area contributed by atoms with Gasteiger partial charge in [0.05, 0.1) is 0 Å². The molecule has 122 valence electrons. The lowest BCUT2D eigenvalue weighted by molar-refractivity contribution is 0.0553. The van der Waals surface area contributed by atoms with E-state index in [1.807, 2.05) is 0 Å². The van der Waals surface area contributed by atoms with Crippen molar-refractivity contribution in [2.45, 2.75) is 32.1 Å². The van der Waals surface area contributed by atoms with Gasteiger partial charge >= 0.3 is 0 Å². The quantitative estimate of drug-likeness (QED) is 0.855. The summed E-state index contributed by atoms with van der Waals surface area (Å²) in [6.45, 7) is 7.63. The van der Waals surface area contributed by atoms with Crippen molar-refractivity contribution in [3.05, 3.63) is 23.5 Å². The fourth-order valence-electron chi connectivity index (χ4n) is 3.68. The van der Waals surface area contributed by atoms with E-state index in [4.69, 9.17) is 9.72 Å². The number of pyridine rings is 1. The number of anilines is 1. The number of aryl methyl sites for hydroxylation is 1. The molecule has 1 aromatic heterocycles. The van der Waals surface area contributed by atoms with Gasteiger partial charge in [-0.1, -0.05) is 0 Å². The standard InChI is InChI=1S/C18H29N3O/c1-14-10-17(20(2)3)11-18(19-14)16-4-7-21(13-16)12-15-5-8-22-9-6-15/h10-11,15-16H,4-9,12-13H2,1-3H3/t16-/m1/s1. The van der Waals surface area contributed by atoms with Crippen LogP contribution in [-0.4, -0.2) is 56.8 Å². The van der Waals surface area contributed by atoms with Crippen LogP contribution in [0.4, 0.5) is 5.69 Å². The van der Waals surface area contributed by atoms with Crippen molar-refractivity contribution in [1.82, 2.24) is 9.88 Å². The van der Waals surface area contributed by atoms with Crippen LogP contribution >= 0.6 is 0 Å². The normalized spacial score (nSPS) is 23.9. The molecule has 3 rings (SSSR count). The van der Waals surface area contributed by atoms with Crippen LogP contribution in [0, 0.1) is 12.8 Å². The second-order valence-electron chi connectivity index (χ2n) is 7.09. The molecule has 2 aliphatic heterocycles. The number of hydrogen-bond donors (Lipinski definition) is 0. The van der Waals surface area contributed by atoms with E-state index in [9.17, 15) is 0 Å². The van der Waals surface area contributed by atoms with E-state index in [0.717, 1.165) is 24.8 Å². The van der Waals surface area contributed by atoms with Crippen molar-refractivity contribution in [2.24, 2.45) is 5.92 Å². The zero-order valence-electron chi connectivity index (χ0n) is 14.2. The lowest BCUT2D eigenvalue weighted by atomic mass is 9.99. The Hall–Kier alpha value is -1.13. The molecule has 22 heavy (non-hydrogen) atoms. The highest BCUT2D eigenvalue weighted by molar-refractivity contribution is 5.47. The molecular weight excluding hydrogens is 274 g/mol. The van der Waals surface area contributed by atoms with Crippen molar-refractivity contribution in [2.75, 3.05) is 51.8 Å². The minimum absolute atomic E-state index is 0.596. The van der Waals surface area contributed by atoms with E-state index in [0.29, 0.717) is 5.92 Å². The highest BCUT2D eigenvalue weighted by Gasteiger charge is 2.27. The smallest absolute Gasteiger partial charge is 0.0471 e. The lowest BCUT2D eigenvalue weighted by Gasteiger charge is -2.27. The summed E-state index contributed by atoms with van der Waals surface area (Å²) in [6.07, 6.45) is 3.70. The molecule has 3 heterocycles. The largest absolute Gasteiger partial charge is 0.381 e. The fraction of sp³-hybridized carbons (Fsp3) is 0.722. The maximum Gasteiger partial charge on any atom is 0.0471 e. The molecule has 0 N–H and O–H groups in total. The Kier molecular flexibility index (Phi) is 4.99. The van der Waals surface area contributed by atoms with E-state index in [1.54, 1.807) is 0 Å². The number of hydrogen-bond acceptors (Lipinski definition) is 4. The Morgan fingerprint density at radius 1 is 1.23 bits per heavy atom. The predicted molar refractivity (Wildman–Crippen MR) is 90.6 cm³/mol. The number of likely N-dealkylation sites (tertiary alicyclic amines) is 1. The molecule has 0 unspecified atom stereocenters. The molecule has 0 bridgehead atoms. The SMILES string of the molecule is Cc1cc(N(C)C)cc([C@@H]2CCN(CC3CCOCC3)C2)n1. The summed E-state index contributed by atoms with van der Waals surface area (Å²) in [5.41, 5.74) is 3.67. The predicted octanol–water partition coefficient (Wildman–Crippen LogP) is 2.67. The Morgan fingerprint density at radius 2 is 2.00 bits per heavy atom. The van der Waals surface area contributed by atoms with Gasteiger partial charge in [-0.15, -0.1) is 0 Å².